The maximum Gasteiger partial charge on any atom is 0.416 e. The van der Waals surface area contributed by atoms with Gasteiger partial charge < -0.3 is 10.1 Å². The van der Waals surface area contributed by atoms with Gasteiger partial charge in [0.2, 0.25) is 0 Å². The van der Waals surface area contributed by atoms with Gasteiger partial charge in [-0.15, -0.1) is 0 Å². The van der Waals surface area contributed by atoms with Crippen LogP contribution in [0.2, 0.25) is 0 Å². The second kappa shape index (κ2) is 8.17. The van der Waals surface area contributed by atoms with Crippen LogP contribution in [0.5, 0.6) is 0 Å². The number of carbonyl (C=O) groups excluding carboxylic acids is 2. The van der Waals surface area contributed by atoms with Crippen LogP contribution in [0, 0.1) is 11.3 Å². The van der Waals surface area contributed by atoms with Crippen molar-refractivity contribution < 1.29 is 27.5 Å². The Morgan fingerprint density at radius 2 is 2.09 bits per heavy atom. The molecule has 0 fully saturated rings. The molecule has 0 spiro atoms. The molecule has 1 N–H and O–H groups in total. The topological polar surface area (TPSA) is 79.2 Å². The van der Waals surface area contributed by atoms with Crippen LogP contribution >= 0.6 is 0 Å². The van der Waals surface area contributed by atoms with Crippen molar-refractivity contribution in [2.45, 2.75) is 31.5 Å². The van der Waals surface area contributed by atoms with Crippen LogP contribution in [0.4, 0.5) is 13.2 Å². The van der Waals surface area contributed by atoms with E-state index >= 15 is 0 Å². The van der Waals surface area contributed by atoms with E-state index in [9.17, 15) is 22.8 Å². The molecule has 0 unspecified atom stereocenters. The minimum Gasteiger partial charge on any atom is -0.467 e. The Bertz CT molecular complexity index is 609. The number of hydrogen-bond donors (Lipinski definition) is 1. The Kier molecular flexibility index (Phi) is 6.57. The lowest BCUT2D eigenvalue weighted by Gasteiger charge is -2.16. The molecule has 0 heterocycles. The monoisotopic (exact) mass is 328 g/mol. The average Bonchev–Trinajstić information content (AvgIpc) is 2.52. The number of rotatable bonds is 6. The van der Waals surface area contributed by atoms with E-state index in [-0.39, 0.29) is 18.4 Å². The fourth-order valence-electron chi connectivity index (χ4n) is 1.85. The van der Waals surface area contributed by atoms with E-state index in [4.69, 9.17) is 5.26 Å². The normalized spacial score (nSPS) is 12.1. The van der Waals surface area contributed by atoms with Crippen LogP contribution < -0.4 is 5.32 Å². The SMILES string of the molecule is COC(=O)[C@H](CCCC#N)NC(=O)c1cccc(C(F)(F)F)c1. The first-order chi connectivity index (χ1) is 10.8. The van der Waals surface area contributed by atoms with Crippen LogP contribution in [0.15, 0.2) is 24.3 Å². The van der Waals surface area contributed by atoms with E-state index in [2.05, 4.69) is 10.1 Å². The summed E-state index contributed by atoms with van der Waals surface area (Å²) in [5.41, 5.74) is -1.17. The Balaban J connectivity index is 2.86. The number of hydrogen-bond acceptors (Lipinski definition) is 4. The average molecular weight is 328 g/mol. The zero-order valence-electron chi connectivity index (χ0n) is 12.3. The number of nitrogens with one attached hydrogen (secondary N) is 1. The molecule has 0 aliphatic carbocycles. The fraction of sp³-hybridized carbons (Fsp3) is 0.400. The van der Waals surface area contributed by atoms with Crippen LogP contribution in [-0.4, -0.2) is 25.0 Å². The first kappa shape index (κ1) is 18.5. The zero-order valence-corrected chi connectivity index (χ0v) is 12.3. The highest BCUT2D eigenvalue weighted by atomic mass is 19.4. The summed E-state index contributed by atoms with van der Waals surface area (Å²) in [6.07, 6.45) is -3.87. The van der Waals surface area contributed by atoms with Crippen LogP contribution in [0.1, 0.15) is 35.2 Å². The Morgan fingerprint density at radius 3 is 2.65 bits per heavy atom. The smallest absolute Gasteiger partial charge is 0.416 e. The Hall–Kier alpha value is -2.56. The van der Waals surface area contributed by atoms with Gasteiger partial charge in [0.05, 0.1) is 18.7 Å². The molecule has 0 aliphatic heterocycles. The van der Waals surface area contributed by atoms with E-state index < -0.39 is 29.7 Å². The molecule has 0 radical (unpaired) electrons. The van der Waals surface area contributed by atoms with Crippen molar-refractivity contribution in [3.8, 4) is 6.07 Å². The summed E-state index contributed by atoms with van der Waals surface area (Å²) in [6.45, 7) is 0. The van der Waals surface area contributed by atoms with Gasteiger partial charge in [-0.1, -0.05) is 6.07 Å². The van der Waals surface area contributed by atoms with Gasteiger partial charge in [-0.25, -0.2) is 4.79 Å². The van der Waals surface area contributed by atoms with Crippen molar-refractivity contribution in [2.24, 2.45) is 0 Å². The summed E-state index contributed by atoms with van der Waals surface area (Å²) in [6, 6.07) is 4.77. The predicted molar refractivity (Wildman–Crippen MR) is 74.2 cm³/mol. The van der Waals surface area contributed by atoms with Gasteiger partial charge in [0, 0.05) is 12.0 Å². The van der Waals surface area contributed by atoms with Gasteiger partial charge in [-0.05, 0) is 31.0 Å². The quantitative estimate of drug-likeness (QED) is 0.643. The molecule has 1 amide bonds. The second-order valence-electron chi connectivity index (χ2n) is 4.68. The number of nitriles is 1. The highest BCUT2D eigenvalue weighted by molar-refractivity contribution is 5.96. The molecule has 8 heteroatoms. The molecule has 1 atom stereocenters. The summed E-state index contributed by atoms with van der Waals surface area (Å²) in [7, 11) is 1.13. The number of halogens is 3. The molecule has 1 aromatic carbocycles. The number of benzene rings is 1. The Morgan fingerprint density at radius 1 is 1.39 bits per heavy atom. The van der Waals surface area contributed by atoms with Crippen LogP contribution in [-0.2, 0) is 15.7 Å². The van der Waals surface area contributed by atoms with Crippen molar-refractivity contribution in [1.29, 1.82) is 5.26 Å². The third-order valence-corrected chi connectivity index (χ3v) is 3.02. The minimum absolute atomic E-state index is 0.158. The highest BCUT2D eigenvalue weighted by Crippen LogP contribution is 2.29. The molecule has 5 nitrogen and oxygen atoms in total. The number of esters is 1. The second-order valence-corrected chi connectivity index (χ2v) is 4.68. The summed E-state index contributed by atoms with van der Waals surface area (Å²) in [5, 5.41) is 10.8. The molecule has 0 saturated carbocycles. The predicted octanol–water partition coefficient (Wildman–Crippen LogP) is 2.67. The number of amides is 1. The number of ether oxygens (including phenoxy) is 1. The Labute approximate surface area is 131 Å². The summed E-state index contributed by atoms with van der Waals surface area (Å²) in [4.78, 5) is 23.6. The number of methoxy groups -OCH3 is 1. The highest BCUT2D eigenvalue weighted by Gasteiger charge is 2.31. The number of unbranched alkanes of at least 4 members (excludes halogenated alkanes) is 1. The number of alkyl halides is 3. The molecule has 0 aliphatic rings. The van der Waals surface area contributed by atoms with Crippen molar-refractivity contribution in [3.63, 3.8) is 0 Å². The fourth-order valence-corrected chi connectivity index (χ4v) is 1.85. The molecule has 23 heavy (non-hydrogen) atoms. The van der Waals surface area contributed by atoms with Crippen molar-refractivity contribution in [2.75, 3.05) is 7.11 Å². The summed E-state index contributed by atoms with van der Waals surface area (Å²) < 4.78 is 42.5. The van der Waals surface area contributed by atoms with E-state index in [1.807, 2.05) is 6.07 Å². The van der Waals surface area contributed by atoms with E-state index in [0.29, 0.717) is 12.5 Å². The van der Waals surface area contributed by atoms with Gasteiger partial charge >= 0.3 is 12.1 Å². The number of carbonyl (C=O) groups is 2. The standard InChI is InChI=1S/C15H15F3N2O3/c1-23-14(22)12(7-2-3-8-19)20-13(21)10-5-4-6-11(9-10)15(16,17)18/h4-6,9,12H,2-3,7H2,1H3,(H,20,21)/t12-/m0/s1. The van der Waals surface area contributed by atoms with Crippen molar-refractivity contribution in [1.82, 2.24) is 5.32 Å². The lowest BCUT2D eigenvalue weighted by Crippen LogP contribution is -2.41. The lowest BCUT2D eigenvalue weighted by atomic mass is 10.1. The molecule has 0 saturated heterocycles. The van der Waals surface area contributed by atoms with E-state index in [0.717, 1.165) is 19.2 Å². The van der Waals surface area contributed by atoms with Gasteiger partial charge in [0.1, 0.15) is 6.04 Å². The number of nitrogens with zero attached hydrogens (tertiary/aromatic N) is 1. The van der Waals surface area contributed by atoms with Gasteiger partial charge in [0.15, 0.2) is 0 Å². The third-order valence-electron chi connectivity index (χ3n) is 3.02. The van der Waals surface area contributed by atoms with Crippen LogP contribution in [0.3, 0.4) is 0 Å². The molecule has 124 valence electrons. The first-order valence-electron chi connectivity index (χ1n) is 6.72. The van der Waals surface area contributed by atoms with Crippen molar-refractivity contribution in [3.05, 3.63) is 35.4 Å². The van der Waals surface area contributed by atoms with E-state index in [1.165, 1.54) is 6.07 Å². The van der Waals surface area contributed by atoms with E-state index in [1.54, 1.807) is 0 Å². The largest absolute Gasteiger partial charge is 0.467 e. The summed E-state index contributed by atoms with van der Waals surface area (Å²) >= 11 is 0. The first-order valence-corrected chi connectivity index (χ1v) is 6.72. The molecular weight excluding hydrogens is 313 g/mol. The molecule has 1 aromatic rings. The van der Waals surface area contributed by atoms with Crippen LogP contribution in [0.25, 0.3) is 0 Å². The van der Waals surface area contributed by atoms with Gasteiger partial charge in [-0.2, -0.15) is 18.4 Å². The van der Waals surface area contributed by atoms with Gasteiger partial charge in [-0.3, -0.25) is 4.79 Å². The van der Waals surface area contributed by atoms with Gasteiger partial charge in [0.25, 0.3) is 5.91 Å². The molecular formula is C15H15F3N2O3. The maximum atomic E-state index is 12.6. The van der Waals surface area contributed by atoms with Crippen molar-refractivity contribution >= 4 is 11.9 Å². The molecule has 1 rings (SSSR count). The molecule has 0 aromatic heterocycles. The molecule has 0 bridgehead atoms. The maximum absolute atomic E-state index is 12.6. The third kappa shape index (κ3) is 5.62. The summed E-state index contributed by atoms with van der Waals surface area (Å²) in [5.74, 6) is -1.54. The zero-order chi connectivity index (χ0) is 17.5. The lowest BCUT2D eigenvalue weighted by molar-refractivity contribution is -0.143. The minimum atomic E-state index is -4.56.